The summed E-state index contributed by atoms with van der Waals surface area (Å²) in [5, 5.41) is 2.87. The predicted octanol–water partition coefficient (Wildman–Crippen LogP) is 3.88. The van der Waals surface area contributed by atoms with Crippen molar-refractivity contribution in [1.82, 2.24) is 0 Å². The van der Waals surface area contributed by atoms with Crippen LogP contribution in [0.2, 0.25) is 10.0 Å². The lowest BCUT2D eigenvalue weighted by Crippen LogP contribution is -2.19. The Bertz CT molecular complexity index is 752. The summed E-state index contributed by atoms with van der Waals surface area (Å²) in [5.41, 5.74) is 6.88. The van der Waals surface area contributed by atoms with Gasteiger partial charge in [0.15, 0.2) is 0 Å². The number of halogens is 3. The molecule has 1 heterocycles. The van der Waals surface area contributed by atoms with Gasteiger partial charge in [0.05, 0.1) is 10.0 Å². The molecule has 7 heteroatoms. The Morgan fingerprint density at radius 3 is 2.67 bits per heavy atom. The van der Waals surface area contributed by atoms with E-state index in [0.29, 0.717) is 27.8 Å². The van der Waals surface area contributed by atoms with E-state index >= 15 is 0 Å². The second kappa shape index (κ2) is 5.18. The van der Waals surface area contributed by atoms with E-state index in [1.54, 1.807) is 12.1 Å². The van der Waals surface area contributed by atoms with Crippen molar-refractivity contribution in [3.8, 4) is 11.5 Å². The first-order valence-corrected chi connectivity index (χ1v) is 6.74. The van der Waals surface area contributed by atoms with Gasteiger partial charge in [0.25, 0.3) is 0 Å². The lowest BCUT2D eigenvalue weighted by Gasteiger charge is -2.10. The molecule has 0 aliphatic carbocycles. The van der Waals surface area contributed by atoms with Crippen LogP contribution < -0.4 is 15.8 Å². The Morgan fingerprint density at radius 2 is 1.95 bits per heavy atom. The number of anilines is 1. The van der Waals surface area contributed by atoms with Crippen molar-refractivity contribution < 1.29 is 13.9 Å². The Labute approximate surface area is 129 Å². The van der Waals surface area contributed by atoms with Crippen LogP contribution in [0.1, 0.15) is 11.6 Å². The van der Waals surface area contributed by atoms with Gasteiger partial charge in [0.1, 0.15) is 23.4 Å². The van der Waals surface area contributed by atoms with Crippen LogP contribution >= 0.6 is 23.2 Å². The van der Waals surface area contributed by atoms with Crippen molar-refractivity contribution in [1.29, 1.82) is 0 Å². The number of nitrogens with one attached hydrogen (secondary N) is 1. The number of hydrogen-bond donors (Lipinski definition) is 2. The number of amides is 1. The highest BCUT2D eigenvalue weighted by Crippen LogP contribution is 2.39. The first kappa shape index (κ1) is 14.1. The minimum Gasteiger partial charge on any atom is -0.456 e. The molecule has 0 spiro atoms. The molecule has 0 saturated heterocycles. The average molecular weight is 327 g/mol. The van der Waals surface area contributed by atoms with E-state index in [1.165, 1.54) is 18.2 Å². The smallest absolute Gasteiger partial charge is 0.245 e. The molecule has 0 saturated carbocycles. The molecule has 0 radical (unpaired) electrons. The zero-order chi connectivity index (χ0) is 15.1. The Balaban J connectivity index is 1.95. The fourth-order valence-corrected chi connectivity index (χ4v) is 2.41. The van der Waals surface area contributed by atoms with E-state index in [4.69, 9.17) is 33.7 Å². The van der Waals surface area contributed by atoms with Gasteiger partial charge in [-0.15, -0.1) is 0 Å². The maximum atomic E-state index is 13.1. The monoisotopic (exact) mass is 326 g/mol. The van der Waals surface area contributed by atoms with Crippen LogP contribution in [0.4, 0.5) is 10.1 Å². The number of fused-ring (bicyclic) bond motifs is 1. The predicted molar refractivity (Wildman–Crippen MR) is 78.5 cm³/mol. The molecule has 4 nitrogen and oxygen atoms in total. The molecule has 3 rings (SSSR count). The molecule has 0 fully saturated rings. The van der Waals surface area contributed by atoms with Crippen molar-refractivity contribution in [2.75, 3.05) is 5.32 Å². The zero-order valence-electron chi connectivity index (χ0n) is 10.5. The minimum absolute atomic E-state index is 0.0555. The molecule has 1 amide bonds. The summed E-state index contributed by atoms with van der Waals surface area (Å²) in [6, 6.07) is 6.35. The van der Waals surface area contributed by atoms with Gasteiger partial charge in [0.2, 0.25) is 5.91 Å². The third-order valence-electron chi connectivity index (χ3n) is 3.10. The van der Waals surface area contributed by atoms with Gasteiger partial charge in [-0.25, -0.2) is 4.39 Å². The van der Waals surface area contributed by atoms with Crippen molar-refractivity contribution >= 4 is 34.8 Å². The highest BCUT2D eigenvalue weighted by Gasteiger charge is 2.28. The molecule has 21 heavy (non-hydrogen) atoms. The Hall–Kier alpha value is -1.82. The van der Waals surface area contributed by atoms with Crippen LogP contribution in [-0.2, 0) is 4.79 Å². The van der Waals surface area contributed by atoms with Crippen molar-refractivity contribution in [2.24, 2.45) is 5.73 Å². The SMILES string of the molecule is NC1C(=O)Nc2cc(Oc3ccc(F)c(Cl)c3)c(Cl)cc21. The number of carbonyl (C=O) groups is 1. The zero-order valence-corrected chi connectivity index (χ0v) is 12.0. The van der Waals surface area contributed by atoms with Gasteiger partial charge >= 0.3 is 0 Å². The summed E-state index contributed by atoms with van der Waals surface area (Å²) >= 11 is 11.8. The number of hydrogen-bond acceptors (Lipinski definition) is 3. The molecular formula is C14H9Cl2FN2O2. The summed E-state index contributed by atoms with van der Waals surface area (Å²) in [5.74, 6) is -0.199. The summed E-state index contributed by atoms with van der Waals surface area (Å²) in [6.45, 7) is 0. The van der Waals surface area contributed by atoms with Crippen LogP contribution in [0.3, 0.4) is 0 Å². The minimum atomic E-state index is -0.744. The van der Waals surface area contributed by atoms with Crippen molar-refractivity contribution in [3.63, 3.8) is 0 Å². The molecule has 0 aromatic heterocycles. The standard InChI is InChI=1S/C14H9Cl2FN2O2/c15-8-3-6(1-2-10(8)17)21-12-5-11-7(4-9(12)16)13(18)14(20)19-11/h1-5,13H,18H2,(H,19,20). The molecule has 108 valence electrons. The molecule has 1 atom stereocenters. The number of nitrogens with two attached hydrogens (primary N) is 1. The van der Waals surface area contributed by atoms with Crippen LogP contribution in [0.25, 0.3) is 0 Å². The third-order valence-corrected chi connectivity index (χ3v) is 3.68. The largest absolute Gasteiger partial charge is 0.456 e. The van der Waals surface area contributed by atoms with Gasteiger partial charge in [-0.3, -0.25) is 4.79 Å². The van der Waals surface area contributed by atoms with Gasteiger partial charge in [-0.2, -0.15) is 0 Å². The number of benzene rings is 2. The van der Waals surface area contributed by atoms with Crippen LogP contribution in [-0.4, -0.2) is 5.91 Å². The highest BCUT2D eigenvalue weighted by molar-refractivity contribution is 6.32. The molecule has 1 aliphatic rings. The third kappa shape index (κ3) is 2.55. The van der Waals surface area contributed by atoms with Crippen LogP contribution in [0.15, 0.2) is 30.3 Å². The Morgan fingerprint density at radius 1 is 1.19 bits per heavy atom. The molecule has 2 aromatic rings. The first-order valence-electron chi connectivity index (χ1n) is 5.98. The Kier molecular flexibility index (Phi) is 3.49. The van der Waals surface area contributed by atoms with E-state index in [2.05, 4.69) is 5.32 Å². The highest BCUT2D eigenvalue weighted by atomic mass is 35.5. The summed E-state index contributed by atoms with van der Waals surface area (Å²) in [6.07, 6.45) is 0. The molecule has 3 N–H and O–H groups in total. The van der Waals surface area contributed by atoms with Crippen molar-refractivity contribution in [2.45, 2.75) is 6.04 Å². The number of carbonyl (C=O) groups excluding carboxylic acids is 1. The average Bonchev–Trinajstić information content (AvgIpc) is 2.70. The maximum Gasteiger partial charge on any atom is 0.245 e. The summed E-state index contributed by atoms with van der Waals surface area (Å²) in [4.78, 5) is 11.5. The van der Waals surface area contributed by atoms with E-state index in [0.717, 1.165) is 0 Å². The maximum absolute atomic E-state index is 13.1. The fraction of sp³-hybridized carbons (Fsp3) is 0.0714. The van der Waals surface area contributed by atoms with Crippen LogP contribution in [0.5, 0.6) is 11.5 Å². The van der Waals surface area contributed by atoms with Crippen molar-refractivity contribution in [3.05, 3.63) is 51.8 Å². The molecule has 0 bridgehead atoms. The molecule has 1 unspecified atom stereocenters. The number of rotatable bonds is 2. The van der Waals surface area contributed by atoms with Gasteiger partial charge in [-0.05, 0) is 18.2 Å². The first-order chi connectivity index (χ1) is 9.95. The second-order valence-corrected chi connectivity index (χ2v) is 5.33. The van der Waals surface area contributed by atoms with Gasteiger partial charge in [-0.1, -0.05) is 23.2 Å². The fourth-order valence-electron chi connectivity index (χ4n) is 2.03. The van der Waals surface area contributed by atoms with Crippen LogP contribution in [0, 0.1) is 5.82 Å². The lowest BCUT2D eigenvalue weighted by molar-refractivity contribution is -0.116. The molecular weight excluding hydrogens is 318 g/mol. The van der Waals surface area contributed by atoms with Gasteiger partial charge in [0, 0.05) is 23.4 Å². The number of ether oxygens (including phenoxy) is 1. The second-order valence-electron chi connectivity index (χ2n) is 4.51. The summed E-state index contributed by atoms with van der Waals surface area (Å²) < 4.78 is 18.7. The van der Waals surface area contributed by atoms with E-state index in [-0.39, 0.29) is 10.9 Å². The van der Waals surface area contributed by atoms with E-state index in [9.17, 15) is 9.18 Å². The normalized spacial score (nSPS) is 16.6. The molecule has 2 aromatic carbocycles. The molecule has 1 aliphatic heterocycles. The lowest BCUT2D eigenvalue weighted by atomic mass is 10.1. The van der Waals surface area contributed by atoms with E-state index in [1.807, 2.05) is 0 Å². The quantitative estimate of drug-likeness (QED) is 0.880. The summed E-state index contributed by atoms with van der Waals surface area (Å²) in [7, 11) is 0. The van der Waals surface area contributed by atoms with E-state index < -0.39 is 11.9 Å². The van der Waals surface area contributed by atoms with Gasteiger partial charge < -0.3 is 15.8 Å². The topological polar surface area (TPSA) is 64.4 Å².